The zero-order chi connectivity index (χ0) is 15.0. The fourth-order valence-electron chi connectivity index (χ4n) is 1.50. The number of nitrogens with one attached hydrogen (secondary N) is 2. The van der Waals surface area contributed by atoms with E-state index >= 15 is 0 Å². The topological polar surface area (TPSA) is 74.1 Å². The average Bonchev–Trinajstić information content (AvgIpc) is 2.38. The lowest BCUT2D eigenvalue weighted by Gasteiger charge is -2.20. The van der Waals surface area contributed by atoms with Crippen LogP contribution in [0.2, 0.25) is 0 Å². The summed E-state index contributed by atoms with van der Waals surface area (Å²) in [6.07, 6.45) is -0.515. The largest absolute Gasteiger partial charge is 0.444 e. The standard InChI is InChI=1S/C15H21N3O2/c1-15(2,3)20-14(19)18-11-13(9-16)17-10-12-7-5-4-6-8-12/h4-8,13,17H,10-11H2,1-3H3,(H,18,19). The first kappa shape index (κ1) is 16.0. The van der Waals surface area contributed by atoms with Crippen molar-refractivity contribution in [2.24, 2.45) is 0 Å². The Morgan fingerprint density at radius 1 is 1.35 bits per heavy atom. The molecule has 0 spiro atoms. The highest BCUT2D eigenvalue weighted by atomic mass is 16.6. The molecule has 0 heterocycles. The minimum Gasteiger partial charge on any atom is -0.444 e. The number of carbonyl (C=O) groups is 1. The number of nitriles is 1. The molecule has 5 nitrogen and oxygen atoms in total. The summed E-state index contributed by atoms with van der Waals surface area (Å²) in [6, 6.07) is 11.4. The van der Waals surface area contributed by atoms with Crippen LogP contribution in [0.25, 0.3) is 0 Å². The van der Waals surface area contributed by atoms with Gasteiger partial charge in [-0.15, -0.1) is 0 Å². The molecular formula is C15H21N3O2. The zero-order valence-corrected chi connectivity index (χ0v) is 12.1. The second kappa shape index (κ2) is 7.51. The van der Waals surface area contributed by atoms with Crippen molar-refractivity contribution in [1.29, 1.82) is 5.26 Å². The lowest BCUT2D eigenvalue weighted by molar-refractivity contribution is 0.0525. The number of nitrogens with zero attached hydrogens (tertiary/aromatic N) is 1. The number of amides is 1. The van der Waals surface area contributed by atoms with E-state index in [1.165, 1.54) is 0 Å². The van der Waals surface area contributed by atoms with E-state index in [-0.39, 0.29) is 6.54 Å². The normalized spacial score (nSPS) is 12.3. The first-order valence-corrected chi connectivity index (χ1v) is 6.54. The van der Waals surface area contributed by atoms with Gasteiger partial charge in [-0.25, -0.2) is 4.79 Å². The quantitative estimate of drug-likeness (QED) is 0.864. The van der Waals surface area contributed by atoms with Gasteiger partial charge >= 0.3 is 6.09 Å². The van der Waals surface area contributed by atoms with Gasteiger partial charge in [-0.2, -0.15) is 5.26 Å². The average molecular weight is 275 g/mol. The van der Waals surface area contributed by atoms with Crippen molar-refractivity contribution < 1.29 is 9.53 Å². The summed E-state index contributed by atoms with van der Waals surface area (Å²) in [5.74, 6) is 0. The SMILES string of the molecule is CC(C)(C)OC(=O)NCC(C#N)NCc1ccccc1. The van der Waals surface area contributed by atoms with Gasteiger partial charge < -0.3 is 10.1 Å². The van der Waals surface area contributed by atoms with E-state index in [0.717, 1.165) is 5.56 Å². The maximum atomic E-state index is 11.5. The lowest BCUT2D eigenvalue weighted by atomic mass is 10.2. The van der Waals surface area contributed by atoms with Gasteiger partial charge in [0.1, 0.15) is 11.6 Å². The van der Waals surface area contributed by atoms with Gasteiger partial charge in [0.2, 0.25) is 0 Å². The summed E-state index contributed by atoms with van der Waals surface area (Å²) in [6.45, 7) is 6.17. The van der Waals surface area contributed by atoms with Crippen molar-refractivity contribution in [2.45, 2.75) is 39.0 Å². The van der Waals surface area contributed by atoms with Crippen LogP contribution in [0, 0.1) is 11.3 Å². The Labute approximate surface area is 119 Å². The second-order valence-corrected chi connectivity index (χ2v) is 5.43. The molecule has 2 N–H and O–H groups in total. The van der Waals surface area contributed by atoms with Crippen LogP contribution in [-0.2, 0) is 11.3 Å². The molecule has 1 aromatic carbocycles. The molecule has 5 heteroatoms. The van der Waals surface area contributed by atoms with Gasteiger partial charge in [-0.3, -0.25) is 5.32 Å². The van der Waals surface area contributed by atoms with Crippen LogP contribution in [0.15, 0.2) is 30.3 Å². The van der Waals surface area contributed by atoms with E-state index in [1.54, 1.807) is 20.8 Å². The molecule has 0 saturated heterocycles. The van der Waals surface area contributed by atoms with Gasteiger partial charge in [0.25, 0.3) is 0 Å². The van der Waals surface area contributed by atoms with E-state index in [4.69, 9.17) is 10.00 Å². The molecule has 20 heavy (non-hydrogen) atoms. The predicted octanol–water partition coefficient (Wildman–Crippen LogP) is 2.19. The summed E-state index contributed by atoms with van der Waals surface area (Å²) in [5, 5.41) is 14.7. The van der Waals surface area contributed by atoms with Crippen LogP contribution in [-0.4, -0.2) is 24.3 Å². The van der Waals surface area contributed by atoms with Crippen molar-refractivity contribution >= 4 is 6.09 Å². The monoisotopic (exact) mass is 275 g/mol. The molecule has 0 aliphatic carbocycles. The van der Waals surface area contributed by atoms with E-state index in [1.807, 2.05) is 30.3 Å². The molecule has 0 aliphatic rings. The molecule has 0 radical (unpaired) electrons. The maximum Gasteiger partial charge on any atom is 0.407 e. The molecule has 1 aromatic rings. The van der Waals surface area contributed by atoms with Gasteiger partial charge in [0, 0.05) is 13.1 Å². The summed E-state index contributed by atoms with van der Waals surface area (Å²) in [7, 11) is 0. The Kier molecular flexibility index (Phi) is 6.01. The fraction of sp³-hybridized carbons (Fsp3) is 0.467. The fourth-order valence-corrected chi connectivity index (χ4v) is 1.50. The molecule has 0 bridgehead atoms. The minimum atomic E-state index is -0.538. The summed E-state index contributed by atoms with van der Waals surface area (Å²) >= 11 is 0. The van der Waals surface area contributed by atoms with Crippen molar-refractivity contribution in [2.75, 3.05) is 6.54 Å². The number of ether oxygens (including phenoxy) is 1. The Morgan fingerprint density at radius 2 is 2.00 bits per heavy atom. The Morgan fingerprint density at radius 3 is 2.55 bits per heavy atom. The summed E-state index contributed by atoms with van der Waals surface area (Å²) in [4.78, 5) is 11.5. The highest BCUT2D eigenvalue weighted by Gasteiger charge is 2.17. The van der Waals surface area contributed by atoms with Crippen LogP contribution >= 0.6 is 0 Å². The Hall–Kier alpha value is -2.06. The third-order valence-electron chi connectivity index (χ3n) is 2.40. The predicted molar refractivity (Wildman–Crippen MR) is 76.9 cm³/mol. The molecule has 108 valence electrons. The van der Waals surface area contributed by atoms with Gasteiger partial charge in [-0.05, 0) is 26.3 Å². The van der Waals surface area contributed by atoms with Gasteiger partial charge in [0.15, 0.2) is 0 Å². The smallest absolute Gasteiger partial charge is 0.407 e. The Bertz CT molecular complexity index is 460. The first-order chi connectivity index (χ1) is 9.40. The Balaban J connectivity index is 2.33. The number of hydrogen-bond donors (Lipinski definition) is 2. The second-order valence-electron chi connectivity index (χ2n) is 5.43. The van der Waals surface area contributed by atoms with E-state index in [2.05, 4.69) is 16.7 Å². The number of benzene rings is 1. The molecule has 1 atom stereocenters. The van der Waals surface area contributed by atoms with Crippen molar-refractivity contribution in [3.63, 3.8) is 0 Å². The van der Waals surface area contributed by atoms with E-state index < -0.39 is 17.7 Å². The van der Waals surface area contributed by atoms with Crippen LogP contribution in [0.1, 0.15) is 26.3 Å². The minimum absolute atomic E-state index is 0.207. The lowest BCUT2D eigenvalue weighted by Crippen LogP contribution is -2.41. The highest BCUT2D eigenvalue weighted by molar-refractivity contribution is 5.67. The molecule has 1 unspecified atom stereocenters. The number of carbonyl (C=O) groups excluding carboxylic acids is 1. The van der Waals surface area contributed by atoms with Crippen molar-refractivity contribution in [1.82, 2.24) is 10.6 Å². The molecule has 0 fully saturated rings. The molecule has 0 saturated carbocycles. The molecule has 0 aliphatic heterocycles. The van der Waals surface area contributed by atoms with Crippen LogP contribution in [0.5, 0.6) is 0 Å². The highest BCUT2D eigenvalue weighted by Crippen LogP contribution is 2.06. The number of alkyl carbamates (subject to hydrolysis) is 1. The van der Waals surface area contributed by atoms with Crippen molar-refractivity contribution in [3.05, 3.63) is 35.9 Å². The molecule has 0 aromatic heterocycles. The molecule has 1 amide bonds. The van der Waals surface area contributed by atoms with Gasteiger partial charge in [-0.1, -0.05) is 30.3 Å². The van der Waals surface area contributed by atoms with Crippen LogP contribution in [0.4, 0.5) is 4.79 Å². The third-order valence-corrected chi connectivity index (χ3v) is 2.40. The number of hydrogen-bond acceptors (Lipinski definition) is 4. The van der Waals surface area contributed by atoms with E-state index in [9.17, 15) is 4.79 Å². The van der Waals surface area contributed by atoms with Crippen LogP contribution < -0.4 is 10.6 Å². The van der Waals surface area contributed by atoms with Crippen molar-refractivity contribution in [3.8, 4) is 6.07 Å². The van der Waals surface area contributed by atoms with E-state index in [0.29, 0.717) is 6.54 Å². The van der Waals surface area contributed by atoms with Crippen LogP contribution in [0.3, 0.4) is 0 Å². The maximum absolute atomic E-state index is 11.5. The summed E-state index contributed by atoms with van der Waals surface area (Å²) < 4.78 is 5.11. The first-order valence-electron chi connectivity index (χ1n) is 6.54. The molecule has 1 rings (SSSR count). The zero-order valence-electron chi connectivity index (χ0n) is 12.1. The number of rotatable bonds is 5. The molecular weight excluding hydrogens is 254 g/mol. The summed E-state index contributed by atoms with van der Waals surface area (Å²) in [5.41, 5.74) is 0.550. The van der Waals surface area contributed by atoms with Gasteiger partial charge in [0.05, 0.1) is 6.07 Å². The third kappa shape index (κ3) is 6.76.